The third kappa shape index (κ3) is 4.38. The summed E-state index contributed by atoms with van der Waals surface area (Å²) < 4.78 is 35.8. The molecule has 0 heterocycles. The summed E-state index contributed by atoms with van der Waals surface area (Å²) in [6.45, 7) is 1.46. The highest BCUT2D eigenvalue weighted by Gasteiger charge is 2.38. The Morgan fingerprint density at radius 1 is 1.40 bits per heavy atom. The van der Waals surface area contributed by atoms with Crippen LogP contribution in [0.15, 0.2) is 0 Å². The lowest BCUT2D eigenvalue weighted by Crippen LogP contribution is -2.42. The molecule has 2 nitrogen and oxygen atoms in total. The molecular weight excluding hydrogens is 207 g/mol. The molecule has 0 aliphatic heterocycles. The van der Waals surface area contributed by atoms with Gasteiger partial charge >= 0.3 is 6.18 Å². The molecule has 0 saturated heterocycles. The normalized spacial score (nSPS) is 22.2. The fourth-order valence-corrected chi connectivity index (χ4v) is 1.74. The van der Waals surface area contributed by atoms with Crippen molar-refractivity contribution in [2.24, 2.45) is 5.92 Å². The van der Waals surface area contributed by atoms with Gasteiger partial charge in [0.2, 0.25) is 0 Å². The Hall–Kier alpha value is -0.290. The van der Waals surface area contributed by atoms with Crippen molar-refractivity contribution in [2.45, 2.75) is 50.9 Å². The molecular formula is C10H18F3NO. The second kappa shape index (κ2) is 5.16. The number of halogens is 3. The van der Waals surface area contributed by atoms with Crippen molar-refractivity contribution < 1.29 is 18.3 Å². The van der Waals surface area contributed by atoms with Crippen LogP contribution in [0.3, 0.4) is 0 Å². The van der Waals surface area contributed by atoms with Crippen molar-refractivity contribution in [3.8, 4) is 0 Å². The molecule has 1 aliphatic rings. The first-order chi connectivity index (χ1) is 6.89. The molecule has 0 radical (unpaired) electrons. The average molecular weight is 225 g/mol. The highest BCUT2D eigenvalue weighted by molar-refractivity contribution is 4.76. The van der Waals surface area contributed by atoms with Crippen LogP contribution < -0.4 is 5.32 Å². The number of hydrogen-bond acceptors (Lipinski definition) is 2. The molecule has 90 valence electrons. The lowest BCUT2D eigenvalue weighted by Gasteiger charge is -2.29. The van der Waals surface area contributed by atoms with E-state index in [2.05, 4.69) is 5.32 Å². The Morgan fingerprint density at radius 3 is 2.40 bits per heavy atom. The summed E-state index contributed by atoms with van der Waals surface area (Å²) in [6.07, 6.45) is -2.24. The summed E-state index contributed by atoms with van der Waals surface area (Å²) in [4.78, 5) is 0. The molecule has 15 heavy (non-hydrogen) atoms. The molecule has 5 heteroatoms. The lowest BCUT2D eigenvalue weighted by atomic mass is 9.81. The maximum absolute atomic E-state index is 11.9. The summed E-state index contributed by atoms with van der Waals surface area (Å²) in [6, 6.07) is 0.0484. The van der Waals surface area contributed by atoms with Gasteiger partial charge in [0, 0.05) is 12.6 Å². The monoisotopic (exact) mass is 225 g/mol. The number of alkyl halides is 3. The van der Waals surface area contributed by atoms with Crippen LogP contribution in [0.4, 0.5) is 13.2 Å². The fourth-order valence-electron chi connectivity index (χ4n) is 1.74. The van der Waals surface area contributed by atoms with Gasteiger partial charge in [-0.05, 0) is 19.3 Å². The third-order valence-corrected chi connectivity index (χ3v) is 2.95. The first-order valence-corrected chi connectivity index (χ1v) is 5.37. The van der Waals surface area contributed by atoms with Crippen LogP contribution in [0.25, 0.3) is 0 Å². The first-order valence-electron chi connectivity index (χ1n) is 5.37. The molecule has 1 rings (SSSR count). The zero-order valence-electron chi connectivity index (χ0n) is 8.85. The van der Waals surface area contributed by atoms with Crippen molar-refractivity contribution in [2.75, 3.05) is 6.54 Å². The molecule has 1 aliphatic carbocycles. The van der Waals surface area contributed by atoms with Crippen molar-refractivity contribution in [3.05, 3.63) is 0 Å². The number of nitrogens with one attached hydrogen (secondary N) is 1. The predicted molar refractivity (Wildman–Crippen MR) is 51.5 cm³/mol. The van der Waals surface area contributed by atoms with E-state index in [1.54, 1.807) is 0 Å². The molecule has 0 aromatic heterocycles. The summed E-state index contributed by atoms with van der Waals surface area (Å²) in [5.41, 5.74) is 0. The van der Waals surface area contributed by atoms with Gasteiger partial charge in [-0.2, -0.15) is 13.2 Å². The predicted octanol–water partition coefficient (Wildman–Crippen LogP) is 2.08. The van der Waals surface area contributed by atoms with Crippen molar-refractivity contribution in [1.82, 2.24) is 5.32 Å². The van der Waals surface area contributed by atoms with Crippen LogP contribution in [0.2, 0.25) is 0 Å². The molecule has 2 unspecified atom stereocenters. The van der Waals surface area contributed by atoms with Gasteiger partial charge in [-0.1, -0.05) is 19.3 Å². The molecule has 1 fully saturated rings. The standard InChI is InChI=1S/C10H18F3NO/c1-7(5-8-3-2-4-8)14-6-9(15)10(11,12)13/h7-9,14-15H,2-6H2,1H3. The first kappa shape index (κ1) is 12.8. The highest BCUT2D eigenvalue weighted by Crippen LogP contribution is 2.30. The van der Waals surface area contributed by atoms with E-state index >= 15 is 0 Å². The molecule has 0 bridgehead atoms. The molecule has 0 amide bonds. The maximum atomic E-state index is 11.9. The van der Waals surface area contributed by atoms with Crippen molar-refractivity contribution in [3.63, 3.8) is 0 Å². The Morgan fingerprint density at radius 2 is 2.00 bits per heavy atom. The quantitative estimate of drug-likeness (QED) is 0.750. The van der Waals surface area contributed by atoms with Crippen LogP contribution in [0.1, 0.15) is 32.6 Å². The number of hydrogen-bond donors (Lipinski definition) is 2. The largest absolute Gasteiger partial charge is 0.415 e. The summed E-state index contributed by atoms with van der Waals surface area (Å²) in [7, 11) is 0. The van der Waals surface area contributed by atoms with E-state index in [4.69, 9.17) is 5.11 Å². The van der Waals surface area contributed by atoms with Gasteiger partial charge in [0.15, 0.2) is 6.10 Å². The molecule has 0 aromatic carbocycles. The van der Waals surface area contributed by atoms with E-state index in [9.17, 15) is 13.2 Å². The SMILES string of the molecule is CC(CC1CCC1)NCC(O)C(F)(F)F. The number of aliphatic hydroxyl groups excluding tert-OH is 1. The number of aliphatic hydroxyl groups is 1. The van der Waals surface area contributed by atoms with Crippen molar-refractivity contribution >= 4 is 0 Å². The van der Waals surface area contributed by atoms with E-state index in [1.165, 1.54) is 19.3 Å². The van der Waals surface area contributed by atoms with Gasteiger partial charge in [0.25, 0.3) is 0 Å². The molecule has 2 N–H and O–H groups in total. The van der Waals surface area contributed by atoms with E-state index in [0.29, 0.717) is 5.92 Å². The molecule has 0 spiro atoms. The summed E-state index contributed by atoms with van der Waals surface area (Å²) in [5.74, 6) is 0.663. The fraction of sp³-hybridized carbons (Fsp3) is 1.00. The summed E-state index contributed by atoms with van der Waals surface area (Å²) >= 11 is 0. The maximum Gasteiger partial charge on any atom is 0.415 e. The molecule has 1 saturated carbocycles. The van der Waals surface area contributed by atoms with Gasteiger partial charge in [0.1, 0.15) is 0 Å². The second-order valence-electron chi connectivity index (χ2n) is 4.40. The van der Waals surface area contributed by atoms with Crippen LogP contribution in [-0.4, -0.2) is 30.0 Å². The Bertz CT molecular complexity index is 192. The van der Waals surface area contributed by atoms with E-state index in [0.717, 1.165) is 6.42 Å². The van der Waals surface area contributed by atoms with Crippen LogP contribution in [0.5, 0.6) is 0 Å². The van der Waals surface area contributed by atoms with Crippen LogP contribution in [0, 0.1) is 5.92 Å². The minimum Gasteiger partial charge on any atom is -0.382 e. The second-order valence-corrected chi connectivity index (χ2v) is 4.40. The van der Waals surface area contributed by atoms with Gasteiger partial charge in [0.05, 0.1) is 0 Å². The zero-order chi connectivity index (χ0) is 11.5. The highest BCUT2D eigenvalue weighted by atomic mass is 19.4. The van der Waals surface area contributed by atoms with Gasteiger partial charge in [-0.3, -0.25) is 0 Å². The lowest BCUT2D eigenvalue weighted by molar-refractivity contribution is -0.202. The van der Waals surface area contributed by atoms with Gasteiger partial charge in [-0.25, -0.2) is 0 Å². The van der Waals surface area contributed by atoms with Crippen LogP contribution in [-0.2, 0) is 0 Å². The van der Waals surface area contributed by atoms with E-state index in [-0.39, 0.29) is 6.04 Å². The minimum absolute atomic E-state index is 0.0484. The van der Waals surface area contributed by atoms with Crippen LogP contribution >= 0.6 is 0 Å². The molecule has 0 aromatic rings. The van der Waals surface area contributed by atoms with Crippen molar-refractivity contribution in [1.29, 1.82) is 0 Å². The topological polar surface area (TPSA) is 32.3 Å². The van der Waals surface area contributed by atoms with E-state index in [1.807, 2.05) is 6.92 Å². The minimum atomic E-state index is -4.51. The van der Waals surface area contributed by atoms with Gasteiger partial charge in [-0.15, -0.1) is 0 Å². The Labute approximate surface area is 87.9 Å². The van der Waals surface area contributed by atoms with Gasteiger partial charge < -0.3 is 10.4 Å². The Kier molecular flexibility index (Phi) is 4.40. The summed E-state index contributed by atoms with van der Waals surface area (Å²) in [5, 5.41) is 11.5. The Balaban J connectivity index is 2.12. The zero-order valence-corrected chi connectivity index (χ0v) is 8.85. The smallest absolute Gasteiger partial charge is 0.382 e. The number of rotatable bonds is 5. The average Bonchev–Trinajstić information content (AvgIpc) is 2.05. The van der Waals surface area contributed by atoms with E-state index < -0.39 is 18.8 Å². The molecule has 2 atom stereocenters. The third-order valence-electron chi connectivity index (χ3n) is 2.95.